The molecule has 4 fully saturated rings. The molecule has 0 radical (unpaired) electrons. The van der Waals surface area contributed by atoms with Gasteiger partial charge in [0.15, 0.2) is 5.78 Å². The molecule has 2 aliphatic heterocycles. The summed E-state index contributed by atoms with van der Waals surface area (Å²) in [6, 6.07) is 0. The lowest BCUT2D eigenvalue weighted by atomic mass is 9.42. The first-order chi connectivity index (χ1) is 17.2. The molecule has 3 saturated carbocycles. The van der Waals surface area contributed by atoms with Gasteiger partial charge in [0.1, 0.15) is 29.0 Å². The largest absolute Gasteiger partial charge is 0.455 e. The molecule has 0 bridgehead atoms. The minimum Gasteiger partial charge on any atom is -0.455 e. The topological polar surface area (TPSA) is 157 Å². The van der Waals surface area contributed by atoms with Gasteiger partial charge in [-0.05, 0) is 82.4 Å². The van der Waals surface area contributed by atoms with Crippen LogP contribution < -0.4 is 0 Å². The van der Waals surface area contributed by atoms with Crippen molar-refractivity contribution in [3.8, 4) is 0 Å². The number of rotatable bonds is 3. The molecule has 0 aromatic rings. The van der Waals surface area contributed by atoms with Gasteiger partial charge in [0.2, 0.25) is 0 Å². The number of allylic oxidation sites excluding steroid dienone is 1. The lowest BCUT2D eigenvalue weighted by Gasteiger charge is -2.63. The third-order valence-corrected chi connectivity index (χ3v) is 12.1. The number of hydrogen-bond acceptors (Lipinski definition) is 9. The van der Waals surface area contributed by atoms with Crippen LogP contribution in [0.5, 0.6) is 0 Å². The third kappa shape index (κ3) is 2.62. The number of cyclic esters (lactones) is 1. The van der Waals surface area contributed by atoms with Gasteiger partial charge < -0.3 is 35.0 Å². The van der Waals surface area contributed by atoms with Crippen LogP contribution in [0.25, 0.3) is 0 Å². The van der Waals surface area contributed by atoms with Crippen LogP contribution in [0.15, 0.2) is 23.3 Å². The van der Waals surface area contributed by atoms with E-state index in [9.17, 15) is 35.1 Å². The summed E-state index contributed by atoms with van der Waals surface area (Å²) in [7, 11) is 0. The Labute approximate surface area is 216 Å². The van der Waals surface area contributed by atoms with Crippen LogP contribution in [0.2, 0.25) is 0 Å². The summed E-state index contributed by atoms with van der Waals surface area (Å²) in [5, 5.41) is 57.4. The predicted molar refractivity (Wildman–Crippen MR) is 129 cm³/mol. The van der Waals surface area contributed by atoms with E-state index in [4.69, 9.17) is 9.47 Å². The van der Waals surface area contributed by atoms with Crippen molar-refractivity contribution in [1.29, 1.82) is 0 Å². The summed E-state index contributed by atoms with van der Waals surface area (Å²) in [6.45, 7) is 6.29. The summed E-state index contributed by atoms with van der Waals surface area (Å²) in [5.41, 5.74) is -7.57. The lowest BCUT2D eigenvalue weighted by Crippen LogP contribution is -2.73. The minimum atomic E-state index is -1.92. The standard InChI is InChI=1S/C28H38O9/c1-14-15(13-29)11-20(36-22(14)32)25(4,33)27(35)10-9-26(34)17-12-21-28(37-21)19(31)6-5-18(30)24(28,3)16(17)7-8-23(26,27)2/h5-6,16-17,19-21,29,31,33-35H,7-13H2,1-4H3/t16-,17+,19+,20+,21-,23+,24+,25+,26-,27+,28-/m1/s1. The summed E-state index contributed by atoms with van der Waals surface area (Å²) in [5.74, 6) is -1.43. The van der Waals surface area contributed by atoms with E-state index < -0.39 is 57.3 Å². The van der Waals surface area contributed by atoms with E-state index in [0.29, 0.717) is 30.4 Å². The van der Waals surface area contributed by atoms with Crippen molar-refractivity contribution in [1.82, 2.24) is 0 Å². The van der Waals surface area contributed by atoms with Crippen molar-refractivity contribution >= 4 is 11.8 Å². The first kappa shape index (κ1) is 25.6. The predicted octanol–water partition coefficient (Wildman–Crippen LogP) is 0.698. The maximum atomic E-state index is 13.3. The number of aliphatic hydroxyl groups is 5. The van der Waals surface area contributed by atoms with Gasteiger partial charge in [-0.2, -0.15) is 0 Å². The van der Waals surface area contributed by atoms with E-state index in [-0.39, 0.29) is 43.7 Å². The van der Waals surface area contributed by atoms with E-state index in [1.54, 1.807) is 13.8 Å². The summed E-state index contributed by atoms with van der Waals surface area (Å²) < 4.78 is 11.7. The van der Waals surface area contributed by atoms with Crippen LogP contribution in [-0.2, 0) is 19.1 Å². The van der Waals surface area contributed by atoms with Gasteiger partial charge in [-0.25, -0.2) is 4.79 Å². The average molecular weight is 519 g/mol. The van der Waals surface area contributed by atoms with Crippen LogP contribution >= 0.6 is 0 Å². The summed E-state index contributed by atoms with van der Waals surface area (Å²) >= 11 is 0. The molecule has 0 amide bonds. The molecule has 4 aliphatic carbocycles. The number of ether oxygens (including phenoxy) is 2. The zero-order chi connectivity index (χ0) is 27.0. The molecule has 5 N–H and O–H groups in total. The number of aliphatic hydroxyl groups excluding tert-OH is 2. The lowest BCUT2D eigenvalue weighted by molar-refractivity contribution is -0.283. The molecule has 0 aromatic carbocycles. The highest BCUT2D eigenvalue weighted by Gasteiger charge is 2.84. The fraction of sp³-hybridized carbons (Fsp3) is 0.786. The SMILES string of the molecule is CC1=C(CO)C[C@@H]([C@](C)(O)[C@]2(O)CC[C@@]3(O)[C@H]4C[C@H]5O[C@]56[C@@H](O)C=CC(=O)[C@]6(C)[C@@H]4CC[C@]23C)OC1=O. The fourth-order valence-corrected chi connectivity index (χ4v) is 9.52. The highest BCUT2D eigenvalue weighted by atomic mass is 16.6. The molecule has 1 saturated heterocycles. The summed E-state index contributed by atoms with van der Waals surface area (Å²) in [4.78, 5) is 25.9. The van der Waals surface area contributed by atoms with Crippen LogP contribution in [0.1, 0.15) is 66.2 Å². The number of epoxide rings is 1. The van der Waals surface area contributed by atoms with E-state index >= 15 is 0 Å². The molecular weight excluding hydrogens is 480 g/mol. The Balaban J connectivity index is 1.38. The van der Waals surface area contributed by atoms with Gasteiger partial charge in [0.25, 0.3) is 0 Å². The molecule has 37 heavy (non-hydrogen) atoms. The molecule has 9 heteroatoms. The molecule has 204 valence electrons. The van der Waals surface area contributed by atoms with Crippen LogP contribution in [-0.4, -0.2) is 84.6 Å². The Hall–Kier alpha value is -1.62. The first-order valence-corrected chi connectivity index (χ1v) is 13.4. The number of ketones is 1. The Morgan fingerprint density at radius 1 is 1.14 bits per heavy atom. The van der Waals surface area contributed by atoms with Crippen LogP contribution in [0.3, 0.4) is 0 Å². The quantitative estimate of drug-likeness (QED) is 0.268. The van der Waals surface area contributed by atoms with Crippen molar-refractivity contribution in [3.63, 3.8) is 0 Å². The van der Waals surface area contributed by atoms with E-state index in [0.717, 1.165) is 0 Å². The second kappa shape index (κ2) is 7.31. The van der Waals surface area contributed by atoms with Gasteiger partial charge in [0.05, 0.1) is 23.7 Å². The number of esters is 1. The van der Waals surface area contributed by atoms with E-state index in [1.807, 2.05) is 6.92 Å². The molecular formula is C28H38O9. The molecule has 9 nitrogen and oxygen atoms in total. The maximum absolute atomic E-state index is 13.3. The molecule has 11 atom stereocenters. The van der Waals surface area contributed by atoms with Gasteiger partial charge >= 0.3 is 5.97 Å². The fourth-order valence-electron chi connectivity index (χ4n) is 9.52. The third-order valence-electron chi connectivity index (χ3n) is 12.1. The van der Waals surface area contributed by atoms with Crippen molar-refractivity contribution < 1.29 is 44.6 Å². The van der Waals surface area contributed by atoms with E-state index in [1.165, 1.54) is 19.1 Å². The first-order valence-electron chi connectivity index (χ1n) is 13.4. The van der Waals surface area contributed by atoms with Crippen molar-refractivity contribution in [2.45, 2.75) is 107 Å². The number of carbonyl (C=O) groups excluding carboxylic acids is 2. The monoisotopic (exact) mass is 518 g/mol. The molecule has 1 spiro atoms. The van der Waals surface area contributed by atoms with Crippen LogP contribution in [0, 0.1) is 22.7 Å². The molecule has 0 aromatic heterocycles. The molecule has 6 rings (SSSR count). The van der Waals surface area contributed by atoms with Gasteiger partial charge in [-0.3, -0.25) is 4.79 Å². The molecule has 0 unspecified atom stereocenters. The van der Waals surface area contributed by atoms with Gasteiger partial charge in [-0.1, -0.05) is 6.92 Å². The Kier molecular flexibility index (Phi) is 5.07. The number of carbonyl (C=O) groups is 2. The maximum Gasteiger partial charge on any atom is 0.334 e. The van der Waals surface area contributed by atoms with Gasteiger partial charge in [0, 0.05) is 17.4 Å². The second-order valence-electron chi connectivity index (χ2n) is 13.0. The smallest absolute Gasteiger partial charge is 0.334 e. The molecule has 2 heterocycles. The Morgan fingerprint density at radius 3 is 2.51 bits per heavy atom. The van der Waals surface area contributed by atoms with Crippen molar-refractivity contribution in [2.75, 3.05) is 6.61 Å². The highest BCUT2D eigenvalue weighted by Crippen LogP contribution is 2.75. The average Bonchev–Trinajstić information content (AvgIpc) is 3.55. The zero-order valence-electron chi connectivity index (χ0n) is 21.9. The Morgan fingerprint density at radius 2 is 1.84 bits per heavy atom. The molecule has 6 aliphatic rings. The summed E-state index contributed by atoms with van der Waals surface area (Å²) in [6.07, 6.45) is 2.15. The second-order valence-corrected chi connectivity index (χ2v) is 13.0. The zero-order valence-corrected chi connectivity index (χ0v) is 21.9. The Bertz CT molecular complexity index is 1140. The van der Waals surface area contributed by atoms with Gasteiger partial charge in [-0.15, -0.1) is 0 Å². The highest BCUT2D eigenvalue weighted by molar-refractivity contribution is 5.98. The minimum absolute atomic E-state index is 0.0747. The van der Waals surface area contributed by atoms with Crippen molar-refractivity contribution in [2.24, 2.45) is 22.7 Å². The van der Waals surface area contributed by atoms with Crippen molar-refractivity contribution in [3.05, 3.63) is 23.3 Å². The normalized spacial score (nSPS) is 54.0. The van der Waals surface area contributed by atoms with Crippen LogP contribution in [0.4, 0.5) is 0 Å². The number of fused-ring (bicyclic) bond motifs is 4. The van der Waals surface area contributed by atoms with E-state index in [2.05, 4.69) is 0 Å². The number of hydrogen-bond donors (Lipinski definition) is 5.